The van der Waals surface area contributed by atoms with Crippen molar-refractivity contribution in [1.82, 2.24) is 3.71 Å². The molecule has 0 saturated heterocycles. The van der Waals surface area contributed by atoms with Crippen LogP contribution in [0.15, 0.2) is 88.7 Å². The fraction of sp³-hybridized carbons (Fsp3) is 0.182. The van der Waals surface area contributed by atoms with Crippen LogP contribution >= 0.6 is 0 Å². The van der Waals surface area contributed by atoms with E-state index in [0.29, 0.717) is 9.27 Å². The monoisotopic (exact) mass is 429 g/mol. The van der Waals surface area contributed by atoms with Crippen molar-refractivity contribution in [2.45, 2.75) is 36.6 Å². The van der Waals surface area contributed by atoms with E-state index in [9.17, 15) is 16.8 Å². The molecule has 0 bridgehead atoms. The standard InChI is InChI=1S/C22H23NO4S2/c1-17-9-13-21(14-10-17)28(24,25)23(19(3)20-7-5-4-6-8-20)29(26,27)22-15-11-18(2)12-16-22/h4-16,19H,1-3H3/t19-/m0/s1. The first-order valence-electron chi connectivity index (χ1n) is 9.12. The van der Waals surface area contributed by atoms with E-state index in [2.05, 4.69) is 0 Å². The highest BCUT2D eigenvalue weighted by molar-refractivity contribution is 8.04. The summed E-state index contributed by atoms with van der Waals surface area (Å²) >= 11 is 0. The van der Waals surface area contributed by atoms with Crippen LogP contribution in [0.4, 0.5) is 0 Å². The highest BCUT2D eigenvalue weighted by Gasteiger charge is 2.40. The van der Waals surface area contributed by atoms with Gasteiger partial charge in [0.15, 0.2) is 0 Å². The summed E-state index contributed by atoms with van der Waals surface area (Å²) in [5, 5.41) is 0. The first-order chi connectivity index (χ1) is 13.6. The normalized spacial score (nSPS) is 13.4. The molecule has 0 fully saturated rings. The molecule has 5 nitrogen and oxygen atoms in total. The fourth-order valence-corrected chi connectivity index (χ4v) is 7.03. The summed E-state index contributed by atoms with van der Waals surface area (Å²) in [4.78, 5) is -0.136. The number of rotatable bonds is 6. The van der Waals surface area contributed by atoms with Gasteiger partial charge in [-0.1, -0.05) is 69.4 Å². The summed E-state index contributed by atoms with van der Waals surface area (Å²) in [6.07, 6.45) is 0. The topological polar surface area (TPSA) is 71.5 Å². The summed E-state index contributed by atoms with van der Waals surface area (Å²) in [6, 6.07) is 20.1. The molecule has 29 heavy (non-hydrogen) atoms. The summed E-state index contributed by atoms with van der Waals surface area (Å²) in [7, 11) is -8.67. The van der Waals surface area contributed by atoms with Crippen molar-refractivity contribution in [3.8, 4) is 0 Å². The van der Waals surface area contributed by atoms with E-state index < -0.39 is 26.1 Å². The third kappa shape index (κ3) is 4.27. The van der Waals surface area contributed by atoms with E-state index >= 15 is 0 Å². The van der Waals surface area contributed by atoms with Gasteiger partial charge in [-0.15, -0.1) is 0 Å². The predicted octanol–water partition coefficient (Wildman–Crippen LogP) is 4.44. The molecule has 0 aromatic heterocycles. The van der Waals surface area contributed by atoms with Crippen molar-refractivity contribution in [2.75, 3.05) is 0 Å². The van der Waals surface area contributed by atoms with E-state index in [1.165, 1.54) is 24.3 Å². The van der Waals surface area contributed by atoms with Gasteiger partial charge >= 0.3 is 0 Å². The molecule has 3 rings (SSSR count). The van der Waals surface area contributed by atoms with Gasteiger partial charge in [-0.3, -0.25) is 0 Å². The van der Waals surface area contributed by atoms with Crippen molar-refractivity contribution in [3.63, 3.8) is 0 Å². The summed E-state index contributed by atoms with van der Waals surface area (Å²) < 4.78 is 54.6. The van der Waals surface area contributed by atoms with Gasteiger partial charge in [0.25, 0.3) is 20.0 Å². The molecule has 7 heteroatoms. The number of hydrogen-bond acceptors (Lipinski definition) is 4. The lowest BCUT2D eigenvalue weighted by Gasteiger charge is -2.28. The van der Waals surface area contributed by atoms with Crippen molar-refractivity contribution in [2.24, 2.45) is 0 Å². The minimum Gasteiger partial charge on any atom is -0.206 e. The zero-order valence-electron chi connectivity index (χ0n) is 16.5. The smallest absolute Gasteiger partial charge is 0.206 e. The van der Waals surface area contributed by atoms with Crippen LogP contribution in [0.3, 0.4) is 0 Å². The Morgan fingerprint density at radius 3 is 1.38 bits per heavy atom. The Bertz CT molecular complexity index is 1110. The number of nitrogens with zero attached hydrogens (tertiary/aromatic N) is 1. The molecule has 0 aliphatic heterocycles. The van der Waals surface area contributed by atoms with Gasteiger partial charge in [0.05, 0.1) is 15.8 Å². The molecule has 0 unspecified atom stereocenters. The Hall–Kier alpha value is -2.48. The van der Waals surface area contributed by atoms with E-state index in [4.69, 9.17) is 0 Å². The average molecular weight is 430 g/mol. The second-order valence-corrected chi connectivity index (χ2v) is 10.8. The lowest BCUT2D eigenvalue weighted by Crippen LogP contribution is -2.39. The maximum atomic E-state index is 13.5. The summed E-state index contributed by atoms with van der Waals surface area (Å²) in [5.41, 5.74) is 2.35. The second kappa shape index (κ2) is 8.10. The van der Waals surface area contributed by atoms with Crippen LogP contribution in [0.5, 0.6) is 0 Å². The Balaban J connectivity index is 2.21. The highest BCUT2D eigenvalue weighted by Crippen LogP contribution is 2.34. The van der Waals surface area contributed by atoms with Crippen LogP contribution < -0.4 is 0 Å². The molecule has 0 N–H and O–H groups in total. The Labute approximate surface area is 172 Å². The van der Waals surface area contributed by atoms with Gasteiger partial charge < -0.3 is 0 Å². The fourth-order valence-electron chi connectivity index (χ4n) is 3.03. The lowest BCUT2D eigenvalue weighted by molar-refractivity contribution is 0.448. The molecule has 1 atom stereocenters. The Kier molecular flexibility index (Phi) is 5.93. The quantitative estimate of drug-likeness (QED) is 0.581. The Morgan fingerprint density at radius 2 is 1.00 bits per heavy atom. The zero-order chi connectivity index (χ0) is 21.2. The number of benzene rings is 3. The maximum Gasteiger partial charge on any atom is 0.256 e. The SMILES string of the molecule is Cc1ccc(S(=O)(=O)N([C@@H](C)c2ccccc2)S(=O)(=O)c2ccc(C)cc2)cc1. The average Bonchev–Trinajstić information content (AvgIpc) is 2.69. The van der Waals surface area contributed by atoms with Crippen LogP contribution in [-0.4, -0.2) is 20.5 Å². The third-order valence-electron chi connectivity index (χ3n) is 4.71. The molecular formula is C22H23NO4S2. The molecular weight excluding hydrogens is 406 g/mol. The van der Waals surface area contributed by atoms with Crippen LogP contribution in [0.25, 0.3) is 0 Å². The van der Waals surface area contributed by atoms with Crippen molar-refractivity contribution >= 4 is 20.0 Å². The van der Waals surface area contributed by atoms with Crippen LogP contribution in [-0.2, 0) is 20.0 Å². The second-order valence-electron chi connectivity index (χ2n) is 6.95. The molecule has 0 spiro atoms. The van der Waals surface area contributed by atoms with Gasteiger partial charge in [-0.25, -0.2) is 16.8 Å². The van der Waals surface area contributed by atoms with Crippen molar-refractivity contribution in [1.29, 1.82) is 0 Å². The molecule has 3 aromatic carbocycles. The maximum absolute atomic E-state index is 13.5. The molecule has 0 aliphatic carbocycles. The minimum absolute atomic E-state index is 0.0680. The first kappa shape index (κ1) is 21.2. The number of hydrogen-bond donors (Lipinski definition) is 0. The molecule has 0 saturated carbocycles. The Morgan fingerprint density at radius 1 is 0.621 bits per heavy atom. The largest absolute Gasteiger partial charge is 0.256 e. The van der Waals surface area contributed by atoms with E-state index in [1.807, 2.05) is 13.8 Å². The third-order valence-corrected chi connectivity index (χ3v) is 9.20. The first-order valence-corrected chi connectivity index (χ1v) is 12.0. The van der Waals surface area contributed by atoms with E-state index in [0.717, 1.165) is 11.1 Å². The predicted molar refractivity (Wildman–Crippen MR) is 113 cm³/mol. The molecule has 0 amide bonds. The zero-order valence-corrected chi connectivity index (χ0v) is 18.1. The minimum atomic E-state index is -4.34. The summed E-state index contributed by atoms with van der Waals surface area (Å²) in [5.74, 6) is 0. The lowest BCUT2D eigenvalue weighted by atomic mass is 10.1. The number of sulfonamides is 2. The number of aryl methyl sites for hydroxylation is 2. The molecule has 3 aromatic rings. The van der Waals surface area contributed by atoms with Gasteiger partial charge in [-0.2, -0.15) is 0 Å². The molecule has 0 heterocycles. The van der Waals surface area contributed by atoms with Crippen molar-refractivity contribution in [3.05, 3.63) is 95.6 Å². The van der Waals surface area contributed by atoms with Gasteiger partial charge in [-0.05, 0) is 50.6 Å². The van der Waals surface area contributed by atoms with E-state index in [1.54, 1.807) is 61.5 Å². The van der Waals surface area contributed by atoms with Gasteiger partial charge in [0, 0.05) is 0 Å². The van der Waals surface area contributed by atoms with Gasteiger partial charge in [0.2, 0.25) is 0 Å². The molecule has 152 valence electrons. The molecule has 0 aliphatic rings. The molecule has 0 radical (unpaired) electrons. The van der Waals surface area contributed by atoms with Crippen LogP contribution in [0.1, 0.15) is 29.7 Å². The van der Waals surface area contributed by atoms with Crippen LogP contribution in [0.2, 0.25) is 0 Å². The summed E-state index contributed by atoms with van der Waals surface area (Å²) in [6.45, 7) is 5.25. The van der Waals surface area contributed by atoms with Crippen LogP contribution in [0, 0.1) is 13.8 Å². The highest BCUT2D eigenvalue weighted by atomic mass is 32.3. The van der Waals surface area contributed by atoms with Gasteiger partial charge in [0.1, 0.15) is 0 Å². The van der Waals surface area contributed by atoms with E-state index in [-0.39, 0.29) is 9.79 Å². The van der Waals surface area contributed by atoms with Crippen molar-refractivity contribution < 1.29 is 16.8 Å².